The molecule has 4 rings (SSSR count). The number of nitrogens with zero attached hydrogens (tertiary/aromatic N) is 1. The highest BCUT2D eigenvalue weighted by atomic mass is 28.3. The summed E-state index contributed by atoms with van der Waals surface area (Å²) in [6.45, 7) is 13.8. The number of aromatic nitrogens is 2. The molecule has 168 valence electrons. The summed E-state index contributed by atoms with van der Waals surface area (Å²) < 4.78 is 0. The van der Waals surface area contributed by atoms with Gasteiger partial charge in [0.15, 0.2) is 0 Å². The van der Waals surface area contributed by atoms with Crippen molar-refractivity contribution in [2.75, 3.05) is 0 Å². The summed E-state index contributed by atoms with van der Waals surface area (Å²) in [7, 11) is -2.01. The number of H-pyrrole nitrogens is 1. The molecule has 0 unspecified atom stereocenters. The van der Waals surface area contributed by atoms with Crippen LogP contribution in [0.25, 0.3) is 32.9 Å². The molecule has 0 spiro atoms. The van der Waals surface area contributed by atoms with E-state index in [9.17, 15) is 4.79 Å². The zero-order chi connectivity index (χ0) is 23.8. The topological polar surface area (TPSA) is 45.8 Å². The van der Waals surface area contributed by atoms with Gasteiger partial charge in [0.2, 0.25) is 5.43 Å². The lowest BCUT2D eigenvalue weighted by Crippen LogP contribution is -2.43. The van der Waals surface area contributed by atoms with Crippen molar-refractivity contribution in [3.8, 4) is 22.7 Å². The number of nitrogens with one attached hydrogen (secondary N) is 1. The van der Waals surface area contributed by atoms with E-state index in [1.54, 1.807) is 12.4 Å². The quantitative estimate of drug-likeness (QED) is 0.260. The molecule has 0 aliphatic carbocycles. The van der Waals surface area contributed by atoms with Gasteiger partial charge in [-0.05, 0) is 33.5 Å². The van der Waals surface area contributed by atoms with Crippen molar-refractivity contribution in [1.29, 1.82) is 0 Å². The van der Waals surface area contributed by atoms with E-state index in [1.807, 2.05) is 24.3 Å². The van der Waals surface area contributed by atoms with E-state index in [-0.39, 0.29) is 5.43 Å². The zero-order valence-corrected chi connectivity index (χ0v) is 21.4. The van der Waals surface area contributed by atoms with Crippen LogP contribution in [0.3, 0.4) is 0 Å². The molecular formula is C29H32N2OSi. The van der Waals surface area contributed by atoms with Crippen LogP contribution < -0.4 is 5.43 Å². The smallest absolute Gasteiger partial charge is 0.207 e. The van der Waals surface area contributed by atoms with Gasteiger partial charge in [0, 0.05) is 18.0 Å². The van der Waals surface area contributed by atoms with Crippen LogP contribution in [0.15, 0.2) is 65.7 Å². The summed E-state index contributed by atoms with van der Waals surface area (Å²) in [5.74, 6) is 3.46. The molecule has 0 radical (unpaired) electrons. The highest BCUT2D eigenvalue weighted by Crippen LogP contribution is 2.41. The number of rotatable bonds is 4. The number of pyridine rings is 2. The van der Waals surface area contributed by atoms with Gasteiger partial charge in [0.05, 0.1) is 22.2 Å². The molecule has 2 aromatic carbocycles. The van der Waals surface area contributed by atoms with Crippen molar-refractivity contribution < 1.29 is 0 Å². The first-order valence-corrected chi connectivity index (χ1v) is 14.0. The van der Waals surface area contributed by atoms with Crippen molar-refractivity contribution in [2.45, 2.75) is 58.2 Å². The first-order valence-electron chi connectivity index (χ1n) is 11.8. The first-order chi connectivity index (χ1) is 15.8. The van der Waals surface area contributed by atoms with Crippen molar-refractivity contribution >= 4 is 29.7 Å². The SMILES string of the molecule is CC(C)[Si](C#Cc1c(-c2cccc3ccccc23)[nH]c2ccncc2c1=O)(C(C)C)C(C)C. The predicted molar refractivity (Wildman–Crippen MR) is 143 cm³/mol. The maximum absolute atomic E-state index is 13.7. The van der Waals surface area contributed by atoms with Crippen molar-refractivity contribution in [1.82, 2.24) is 9.97 Å². The van der Waals surface area contributed by atoms with Gasteiger partial charge in [0.1, 0.15) is 8.07 Å². The van der Waals surface area contributed by atoms with Gasteiger partial charge >= 0.3 is 0 Å². The molecule has 0 saturated carbocycles. The third kappa shape index (κ3) is 3.91. The van der Waals surface area contributed by atoms with Crippen LogP contribution in [0.2, 0.25) is 16.6 Å². The molecule has 0 amide bonds. The maximum Gasteiger partial charge on any atom is 0.207 e. The lowest BCUT2D eigenvalue weighted by molar-refractivity contribution is 0.838. The Bertz CT molecular complexity index is 1410. The number of aromatic amines is 1. The normalized spacial score (nSPS) is 12.0. The number of hydrogen-bond acceptors (Lipinski definition) is 2. The van der Waals surface area contributed by atoms with Gasteiger partial charge in [-0.1, -0.05) is 89.9 Å². The van der Waals surface area contributed by atoms with Crippen LogP contribution in [0.5, 0.6) is 0 Å². The summed E-state index contributed by atoms with van der Waals surface area (Å²) in [5.41, 5.74) is 8.31. The molecule has 0 saturated heterocycles. The fraction of sp³-hybridized carbons (Fsp3) is 0.310. The van der Waals surface area contributed by atoms with Gasteiger partial charge in [-0.25, -0.2) is 0 Å². The summed E-state index contributed by atoms with van der Waals surface area (Å²) in [4.78, 5) is 21.5. The molecule has 0 aliphatic heterocycles. The molecule has 0 aliphatic rings. The highest BCUT2D eigenvalue weighted by Gasteiger charge is 2.41. The van der Waals surface area contributed by atoms with Crippen LogP contribution in [-0.4, -0.2) is 18.0 Å². The molecule has 33 heavy (non-hydrogen) atoms. The summed E-state index contributed by atoms with van der Waals surface area (Å²) in [5, 5.41) is 2.82. The average Bonchev–Trinajstić information content (AvgIpc) is 2.79. The summed E-state index contributed by atoms with van der Waals surface area (Å²) >= 11 is 0. The maximum atomic E-state index is 13.7. The molecule has 1 N–H and O–H groups in total. The van der Waals surface area contributed by atoms with E-state index in [2.05, 4.69) is 87.2 Å². The second-order valence-electron chi connectivity index (χ2n) is 9.80. The number of hydrogen-bond donors (Lipinski definition) is 1. The van der Waals surface area contributed by atoms with E-state index in [4.69, 9.17) is 0 Å². The first kappa shape index (κ1) is 23.0. The molecule has 2 aromatic heterocycles. The minimum atomic E-state index is -2.01. The van der Waals surface area contributed by atoms with Crippen LogP contribution in [0.1, 0.15) is 47.1 Å². The third-order valence-corrected chi connectivity index (χ3v) is 13.4. The zero-order valence-electron chi connectivity index (χ0n) is 20.4. The minimum absolute atomic E-state index is 0.0496. The fourth-order valence-corrected chi connectivity index (χ4v) is 10.7. The van der Waals surface area contributed by atoms with Crippen LogP contribution in [0, 0.1) is 11.5 Å². The fourth-order valence-electron chi connectivity index (χ4n) is 5.50. The summed E-state index contributed by atoms with van der Waals surface area (Å²) in [6, 6.07) is 16.3. The third-order valence-electron chi connectivity index (χ3n) is 7.13. The van der Waals surface area contributed by atoms with Gasteiger partial charge in [-0.2, -0.15) is 0 Å². The minimum Gasteiger partial charge on any atom is -0.353 e. The second kappa shape index (κ2) is 9.00. The van der Waals surface area contributed by atoms with Crippen molar-refractivity contribution in [3.63, 3.8) is 0 Å². The largest absolute Gasteiger partial charge is 0.353 e. The molecule has 4 aromatic rings. The Hall–Kier alpha value is -3.16. The predicted octanol–water partition coefficient (Wildman–Crippen LogP) is 7.31. The van der Waals surface area contributed by atoms with Gasteiger partial charge in [-0.3, -0.25) is 9.78 Å². The molecule has 0 atom stereocenters. The standard InChI is InChI=1S/C29H32N2OSi/c1-19(2)33(20(3)4,21(5)6)17-15-25-28(31-27-14-16-30-18-26(27)29(25)32)24-13-9-11-22-10-7-8-12-23(22)24/h7-14,16,18-21H,1-6H3,(H,31,32). The number of benzene rings is 2. The summed E-state index contributed by atoms with van der Waals surface area (Å²) in [6.07, 6.45) is 3.36. The van der Waals surface area contributed by atoms with Gasteiger partial charge in [-0.15, -0.1) is 5.54 Å². The Balaban J connectivity index is 2.09. The lowest BCUT2D eigenvalue weighted by atomic mass is 9.98. The molecule has 3 nitrogen and oxygen atoms in total. The van der Waals surface area contributed by atoms with Gasteiger partial charge in [0.25, 0.3) is 0 Å². The van der Waals surface area contributed by atoms with Crippen LogP contribution >= 0.6 is 0 Å². The molecule has 4 heteroatoms. The Morgan fingerprint density at radius 2 is 1.52 bits per heavy atom. The highest BCUT2D eigenvalue weighted by molar-refractivity contribution is 6.90. The Labute approximate surface area is 197 Å². The molecule has 0 bridgehead atoms. The van der Waals surface area contributed by atoms with Crippen molar-refractivity contribution in [2.24, 2.45) is 0 Å². The lowest BCUT2D eigenvalue weighted by Gasteiger charge is -2.38. The van der Waals surface area contributed by atoms with Crippen molar-refractivity contribution in [3.05, 3.63) is 76.7 Å². The monoisotopic (exact) mass is 452 g/mol. The van der Waals surface area contributed by atoms with Crippen LogP contribution in [0.4, 0.5) is 0 Å². The van der Waals surface area contributed by atoms with E-state index in [0.717, 1.165) is 27.5 Å². The Morgan fingerprint density at radius 1 is 0.848 bits per heavy atom. The average molecular weight is 453 g/mol. The Kier molecular flexibility index (Phi) is 6.27. The number of fused-ring (bicyclic) bond motifs is 2. The van der Waals surface area contributed by atoms with E-state index < -0.39 is 8.07 Å². The van der Waals surface area contributed by atoms with E-state index >= 15 is 0 Å². The molecule has 2 heterocycles. The molecular weight excluding hydrogens is 420 g/mol. The second-order valence-corrected chi connectivity index (χ2v) is 15.4. The van der Waals surface area contributed by atoms with Gasteiger partial charge < -0.3 is 4.98 Å². The molecule has 0 fully saturated rings. The van der Waals surface area contributed by atoms with E-state index in [0.29, 0.717) is 27.6 Å². The van der Waals surface area contributed by atoms with Crippen LogP contribution in [-0.2, 0) is 0 Å². The van der Waals surface area contributed by atoms with E-state index in [1.165, 1.54) is 0 Å². The Morgan fingerprint density at radius 3 is 2.21 bits per heavy atom.